The normalized spacial score (nSPS) is 12.8. The fourth-order valence-corrected chi connectivity index (χ4v) is 1.64. The van der Waals surface area contributed by atoms with Gasteiger partial charge in [-0.25, -0.2) is 9.59 Å². The van der Waals surface area contributed by atoms with Crippen molar-refractivity contribution in [1.29, 1.82) is 0 Å². The maximum atomic E-state index is 11.7. The van der Waals surface area contributed by atoms with Crippen molar-refractivity contribution >= 4 is 18.7 Å². The summed E-state index contributed by atoms with van der Waals surface area (Å²) in [6.07, 6.45) is -0.207. The number of ether oxygens (including phenoxy) is 3. The van der Waals surface area contributed by atoms with Crippen molar-refractivity contribution in [2.45, 2.75) is 78.2 Å². The fraction of sp³-hybridized carbons (Fsp3) is 0.812. The predicted octanol–water partition coefficient (Wildman–Crippen LogP) is 2.71. The Labute approximate surface area is 143 Å². The first-order chi connectivity index (χ1) is 10.9. The van der Waals surface area contributed by atoms with Gasteiger partial charge < -0.3 is 19.5 Å². The molecule has 2 N–H and O–H groups in total. The van der Waals surface area contributed by atoms with Gasteiger partial charge in [-0.05, 0) is 54.4 Å². The van der Waals surface area contributed by atoms with E-state index < -0.39 is 29.6 Å². The summed E-state index contributed by atoms with van der Waals surface area (Å²) in [6, 6.07) is 0. The largest absolute Gasteiger partial charge is 0.444 e. The molecule has 0 aromatic rings. The molecule has 0 spiro atoms. The van der Waals surface area contributed by atoms with E-state index in [0.29, 0.717) is 25.8 Å². The monoisotopic (exact) mass is 346 g/mol. The molecule has 1 atom stereocenters. The van der Waals surface area contributed by atoms with Crippen LogP contribution in [0.4, 0.5) is 9.59 Å². The average molecular weight is 346 g/mol. The van der Waals surface area contributed by atoms with E-state index in [9.17, 15) is 14.4 Å². The number of carbonyl (C=O) groups excluding carboxylic acids is 3. The summed E-state index contributed by atoms with van der Waals surface area (Å²) in [5.74, 6) is 0. The molecule has 2 amide bonds. The van der Waals surface area contributed by atoms with Gasteiger partial charge in [0.15, 0.2) is 6.23 Å². The zero-order valence-electron chi connectivity index (χ0n) is 15.4. The Morgan fingerprint density at radius 2 is 1.50 bits per heavy atom. The van der Waals surface area contributed by atoms with Crippen molar-refractivity contribution in [3.05, 3.63) is 0 Å². The SMILES string of the molecule is CC(C)(C)OC(=O)NCCCCC(NC(=O)OC(C)(C)C)OC=O. The number of hydrogen-bond donors (Lipinski definition) is 2. The summed E-state index contributed by atoms with van der Waals surface area (Å²) in [6.45, 7) is 11.3. The van der Waals surface area contributed by atoms with E-state index in [2.05, 4.69) is 10.6 Å². The molecule has 24 heavy (non-hydrogen) atoms. The van der Waals surface area contributed by atoms with Crippen molar-refractivity contribution < 1.29 is 28.6 Å². The van der Waals surface area contributed by atoms with Gasteiger partial charge in [0.25, 0.3) is 6.47 Å². The van der Waals surface area contributed by atoms with Crippen LogP contribution in [0.15, 0.2) is 0 Å². The number of carbonyl (C=O) groups is 3. The molecule has 0 fully saturated rings. The molecule has 0 rings (SSSR count). The van der Waals surface area contributed by atoms with Gasteiger partial charge in [0.05, 0.1) is 0 Å². The lowest BCUT2D eigenvalue weighted by Crippen LogP contribution is -2.40. The molecule has 140 valence electrons. The summed E-state index contributed by atoms with van der Waals surface area (Å²) in [4.78, 5) is 33.6. The lowest BCUT2D eigenvalue weighted by molar-refractivity contribution is -0.135. The highest BCUT2D eigenvalue weighted by atomic mass is 16.6. The molecule has 8 heteroatoms. The van der Waals surface area contributed by atoms with Gasteiger partial charge >= 0.3 is 12.2 Å². The Morgan fingerprint density at radius 1 is 0.958 bits per heavy atom. The number of alkyl carbamates (subject to hydrolysis) is 2. The maximum absolute atomic E-state index is 11.7. The van der Waals surface area contributed by atoms with Crippen LogP contribution < -0.4 is 10.6 Å². The molecule has 0 radical (unpaired) electrons. The summed E-state index contributed by atoms with van der Waals surface area (Å²) >= 11 is 0. The van der Waals surface area contributed by atoms with Gasteiger partial charge in [-0.2, -0.15) is 0 Å². The molecule has 0 aliphatic carbocycles. The smallest absolute Gasteiger partial charge is 0.410 e. The van der Waals surface area contributed by atoms with Crippen molar-refractivity contribution in [1.82, 2.24) is 10.6 Å². The van der Waals surface area contributed by atoms with Crippen LogP contribution in [0, 0.1) is 0 Å². The molecule has 0 saturated heterocycles. The second kappa shape index (κ2) is 10.00. The molecule has 0 saturated carbocycles. The van der Waals surface area contributed by atoms with Gasteiger partial charge in [0.2, 0.25) is 0 Å². The first-order valence-electron chi connectivity index (χ1n) is 7.98. The first kappa shape index (κ1) is 22.0. The lowest BCUT2D eigenvalue weighted by atomic mass is 10.2. The van der Waals surface area contributed by atoms with Gasteiger partial charge in [0.1, 0.15) is 11.2 Å². The highest BCUT2D eigenvalue weighted by Crippen LogP contribution is 2.09. The summed E-state index contributed by atoms with van der Waals surface area (Å²) in [5, 5.41) is 5.11. The van der Waals surface area contributed by atoms with E-state index in [1.807, 2.05) is 0 Å². The minimum atomic E-state index is -0.765. The molecule has 0 aliphatic heterocycles. The van der Waals surface area contributed by atoms with Gasteiger partial charge in [-0.1, -0.05) is 0 Å². The Morgan fingerprint density at radius 3 is 2.00 bits per heavy atom. The fourth-order valence-electron chi connectivity index (χ4n) is 1.64. The Bertz CT molecular complexity index is 412. The van der Waals surface area contributed by atoms with Crippen LogP contribution in [0.3, 0.4) is 0 Å². The maximum Gasteiger partial charge on any atom is 0.410 e. The zero-order valence-corrected chi connectivity index (χ0v) is 15.4. The molecule has 0 aromatic carbocycles. The average Bonchev–Trinajstić information content (AvgIpc) is 2.33. The summed E-state index contributed by atoms with van der Waals surface area (Å²) in [7, 11) is 0. The van der Waals surface area contributed by atoms with E-state index in [1.165, 1.54) is 0 Å². The molecule has 0 heterocycles. The van der Waals surface area contributed by atoms with E-state index in [4.69, 9.17) is 14.2 Å². The van der Waals surface area contributed by atoms with Crippen LogP contribution in [-0.4, -0.2) is 42.6 Å². The molecular formula is C16H30N2O6. The zero-order chi connectivity index (χ0) is 18.8. The predicted molar refractivity (Wildman–Crippen MR) is 88.4 cm³/mol. The minimum Gasteiger partial charge on any atom is -0.444 e. The molecular weight excluding hydrogens is 316 g/mol. The lowest BCUT2D eigenvalue weighted by Gasteiger charge is -2.22. The molecule has 0 aliphatic rings. The summed E-state index contributed by atoms with van der Waals surface area (Å²) < 4.78 is 15.0. The highest BCUT2D eigenvalue weighted by molar-refractivity contribution is 5.68. The number of amides is 2. The Hall–Kier alpha value is -1.99. The van der Waals surface area contributed by atoms with Crippen molar-refractivity contribution in [2.24, 2.45) is 0 Å². The number of nitrogens with one attached hydrogen (secondary N) is 2. The second-order valence-corrected chi connectivity index (χ2v) is 7.29. The van der Waals surface area contributed by atoms with Crippen molar-refractivity contribution in [2.75, 3.05) is 6.54 Å². The topological polar surface area (TPSA) is 103 Å². The number of rotatable bonds is 8. The minimum absolute atomic E-state index is 0.279. The van der Waals surface area contributed by atoms with E-state index in [0.717, 1.165) is 0 Å². The number of hydrogen-bond acceptors (Lipinski definition) is 6. The third-order valence-electron chi connectivity index (χ3n) is 2.46. The number of unbranched alkanes of at least 4 members (excludes halogenated alkanes) is 1. The molecule has 0 bridgehead atoms. The van der Waals surface area contributed by atoms with Gasteiger partial charge in [-0.15, -0.1) is 0 Å². The standard InChI is InChI=1S/C16H30N2O6/c1-15(2,3)23-13(20)17-10-8-7-9-12(22-11-19)18-14(21)24-16(4,5)6/h11-12H,7-10H2,1-6H3,(H,17,20)(H,18,21). The van der Waals surface area contributed by atoms with Crippen LogP contribution >= 0.6 is 0 Å². The van der Waals surface area contributed by atoms with Gasteiger partial charge in [0, 0.05) is 13.0 Å². The van der Waals surface area contributed by atoms with Crippen LogP contribution in [-0.2, 0) is 19.0 Å². The quantitative estimate of drug-likeness (QED) is 0.303. The third-order valence-corrected chi connectivity index (χ3v) is 2.46. The van der Waals surface area contributed by atoms with Crippen molar-refractivity contribution in [3.8, 4) is 0 Å². The van der Waals surface area contributed by atoms with Gasteiger partial charge in [-0.3, -0.25) is 10.1 Å². The van der Waals surface area contributed by atoms with Crippen LogP contribution in [0.2, 0.25) is 0 Å². The third kappa shape index (κ3) is 13.7. The van der Waals surface area contributed by atoms with Crippen LogP contribution in [0.25, 0.3) is 0 Å². The highest BCUT2D eigenvalue weighted by Gasteiger charge is 2.20. The summed E-state index contributed by atoms with van der Waals surface area (Å²) in [5.41, 5.74) is -1.17. The Kier molecular flexibility index (Phi) is 9.17. The molecule has 0 aromatic heterocycles. The van der Waals surface area contributed by atoms with E-state index in [1.54, 1.807) is 41.5 Å². The second-order valence-electron chi connectivity index (χ2n) is 7.29. The molecule has 1 unspecified atom stereocenters. The molecule has 8 nitrogen and oxygen atoms in total. The van der Waals surface area contributed by atoms with Crippen LogP contribution in [0.1, 0.15) is 60.8 Å². The van der Waals surface area contributed by atoms with E-state index >= 15 is 0 Å². The van der Waals surface area contributed by atoms with Crippen LogP contribution in [0.5, 0.6) is 0 Å². The van der Waals surface area contributed by atoms with E-state index in [-0.39, 0.29) is 6.47 Å². The van der Waals surface area contributed by atoms with Crippen molar-refractivity contribution in [3.63, 3.8) is 0 Å². The Balaban J connectivity index is 4.03. The first-order valence-corrected chi connectivity index (χ1v) is 7.98.